The lowest BCUT2D eigenvalue weighted by atomic mass is 9.73. The molecule has 0 spiro atoms. The van der Waals surface area contributed by atoms with E-state index in [1.54, 1.807) is 32.9 Å². The number of esters is 1. The predicted octanol–water partition coefficient (Wildman–Crippen LogP) is 1.39. The zero-order valence-corrected chi connectivity index (χ0v) is 21.1. The van der Waals surface area contributed by atoms with E-state index in [1.165, 1.54) is 23.7 Å². The largest absolute Gasteiger partial charge is 0.492 e. The number of unbranched alkanes of at least 4 members (excludes halogenated alkanes) is 1. The van der Waals surface area contributed by atoms with Crippen LogP contribution in [-0.4, -0.2) is 76.3 Å². The Hall–Kier alpha value is -3.87. The summed E-state index contributed by atoms with van der Waals surface area (Å²) in [6.07, 6.45) is 3.60. The Balaban J connectivity index is 1.58. The Morgan fingerprint density at radius 3 is 2.68 bits per heavy atom. The highest BCUT2D eigenvalue weighted by atomic mass is 16.6. The van der Waals surface area contributed by atoms with Gasteiger partial charge < -0.3 is 24.4 Å². The SMILES string of the molecule is CCOC(=O)CCCCn1nnnc1C1C=CC2=C(C1=O)C(Oc1ccc(O)nn1)C(C)(O)C(C)(C)O2. The number of carbonyl (C=O) groups excluding carboxylic acids is 2. The minimum absolute atomic E-state index is 0.0120. The second-order valence-electron chi connectivity index (χ2n) is 9.49. The van der Waals surface area contributed by atoms with Crippen LogP contribution in [0.5, 0.6) is 11.8 Å². The summed E-state index contributed by atoms with van der Waals surface area (Å²) in [5, 5.41) is 40.1. The van der Waals surface area contributed by atoms with Gasteiger partial charge >= 0.3 is 5.97 Å². The van der Waals surface area contributed by atoms with E-state index in [0.29, 0.717) is 31.8 Å². The smallest absolute Gasteiger partial charge is 0.305 e. The highest BCUT2D eigenvalue weighted by Crippen LogP contribution is 2.45. The first kappa shape index (κ1) is 26.2. The first-order chi connectivity index (χ1) is 17.5. The monoisotopic (exact) mass is 514 g/mol. The zero-order chi connectivity index (χ0) is 26.8. The summed E-state index contributed by atoms with van der Waals surface area (Å²) in [4.78, 5) is 25.4. The molecule has 4 rings (SSSR count). The van der Waals surface area contributed by atoms with E-state index in [0.717, 1.165) is 0 Å². The van der Waals surface area contributed by atoms with Crippen LogP contribution in [0.25, 0.3) is 0 Å². The van der Waals surface area contributed by atoms with Crippen molar-refractivity contribution in [3.8, 4) is 11.8 Å². The Morgan fingerprint density at radius 2 is 1.97 bits per heavy atom. The molecule has 37 heavy (non-hydrogen) atoms. The minimum atomic E-state index is -1.66. The Bertz CT molecular complexity index is 1220. The van der Waals surface area contributed by atoms with Crippen LogP contribution >= 0.6 is 0 Å². The fourth-order valence-corrected chi connectivity index (χ4v) is 4.20. The molecule has 2 aromatic heterocycles. The van der Waals surface area contributed by atoms with Crippen LogP contribution < -0.4 is 4.74 Å². The summed E-state index contributed by atoms with van der Waals surface area (Å²) in [6, 6.07) is 2.68. The summed E-state index contributed by atoms with van der Waals surface area (Å²) in [7, 11) is 0. The maximum absolute atomic E-state index is 13.8. The van der Waals surface area contributed by atoms with E-state index >= 15 is 0 Å². The number of ether oxygens (including phenoxy) is 3. The summed E-state index contributed by atoms with van der Waals surface area (Å²) < 4.78 is 18.5. The molecule has 198 valence electrons. The van der Waals surface area contributed by atoms with E-state index in [1.807, 2.05) is 0 Å². The standard InChI is InChI=1S/C24H30N6O7/c1-5-35-18(32)8-6-7-13-30-22(27-28-29-30)14-9-10-15-19(20(14)33)21(24(4,34)23(2,3)37-15)36-17-12-11-16(31)25-26-17/h9-12,14,21,34H,5-8,13H2,1-4H3,(H,25,31). The Morgan fingerprint density at radius 1 is 1.19 bits per heavy atom. The van der Waals surface area contributed by atoms with E-state index < -0.39 is 29.0 Å². The van der Waals surface area contributed by atoms with Gasteiger partial charge in [-0.3, -0.25) is 9.59 Å². The van der Waals surface area contributed by atoms with Gasteiger partial charge in [0.15, 0.2) is 17.7 Å². The molecule has 2 N–H and O–H groups in total. The topological polar surface area (TPSA) is 172 Å². The second kappa shape index (κ2) is 10.2. The third kappa shape index (κ3) is 5.17. The fraction of sp³-hybridized carbons (Fsp3) is 0.542. The number of allylic oxidation sites excluding steroid dienone is 2. The number of aliphatic hydroxyl groups is 1. The number of rotatable bonds is 9. The number of Topliss-reactive ketones (excluding diaryl/α,β-unsaturated/α-hetero) is 1. The molecule has 1 aliphatic heterocycles. The predicted molar refractivity (Wildman–Crippen MR) is 126 cm³/mol. The number of aryl methyl sites for hydroxylation is 1. The normalized spacial score (nSPS) is 24.4. The number of aromatic hydroxyl groups is 1. The molecule has 0 radical (unpaired) electrons. The maximum Gasteiger partial charge on any atom is 0.305 e. The van der Waals surface area contributed by atoms with Gasteiger partial charge in [-0.2, -0.15) is 0 Å². The van der Waals surface area contributed by atoms with E-state index in [-0.39, 0.29) is 35.5 Å². The van der Waals surface area contributed by atoms with Crippen LogP contribution in [0.4, 0.5) is 0 Å². The molecular formula is C24H30N6O7. The molecule has 13 heteroatoms. The van der Waals surface area contributed by atoms with Gasteiger partial charge in [0.1, 0.15) is 22.9 Å². The zero-order valence-electron chi connectivity index (χ0n) is 21.1. The molecule has 0 aromatic carbocycles. The molecule has 1 aliphatic carbocycles. The van der Waals surface area contributed by atoms with Crippen molar-refractivity contribution in [3.63, 3.8) is 0 Å². The van der Waals surface area contributed by atoms with E-state index in [4.69, 9.17) is 14.2 Å². The minimum Gasteiger partial charge on any atom is -0.492 e. The third-order valence-electron chi connectivity index (χ3n) is 6.62. The summed E-state index contributed by atoms with van der Waals surface area (Å²) in [5.41, 5.74) is -2.67. The van der Waals surface area contributed by atoms with Gasteiger partial charge in [-0.25, -0.2) is 4.68 Å². The van der Waals surface area contributed by atoms with Crippen LogP contribution in [0.2, 0.25) is 0 Å². The molecule has 0 bridgehead atoms. The fourth-order valence-electron chi connectivity index (χ4n) is 4.20. The molecule has 0 saturated heterocycles. The average Bonchev–Trinajstić information content (AvgIpc) is 3.29. The lowest BCUT2D eigenvalue weighted by molar-refractivity contribution is -0.186. The number of tetrazole rings is 1. The number of hydrogen-bond donors (Lipinski definition) is 2. The molecule has 0 saturated carbocycles. The maximum atomic E-state index is 13.8. The number of nitrogens with zero attached hydrogens (tertiary/aromatic N) is 6. The van der Waals surface area contributed by atoms with Gasteiger partial charge in [-0.1, -0.05) is 6.08 Å². The molecule has 0 fully saturated rings. The van der Waals surface area contributed by atoms with Crippen LogP contribution in [0, 0.1) is 0 Å². The summed E-state index contributed by atoms with van der Waals surface area (Å²) in [6.45, 7) is 7.39. The molecule has 2 aliphatic rings. The van der Waals surface area contributed by atoms with Crippen molar-refractivity contribution in [1.29, 1.82) is 0 Å². The first-order valence-corrected chi connectivity index (χ1v) is 12.0. The lowest BCUT2D eigenvalue weighted by Crippen LogP contribution is -2.63. The van der Waals surface area contributed by atoms with Crippen molar-refractivity contribution in [2.45, 2.75) is 76.7 Å². The van der Waals surface area contributed by atoms with E-state index in [9.17, 15) is 19.8 Å². The first-order valence-electron chi connectivity index (χ1n) is 12.0. The average molecular weight is 515 g/mol. The molecule has 3 heterocycles. The van der Waals surface area contributed by atoms with Gasteiger partial charge in [0.05, 0.1) is 12.2 Å². The summed E-state index contributed by atoms with van der Waals surface area (Å²) >= 11 is 0. The molecule has 3 unspecified atom stereocenters. The van der Waals surface area contributed by atoms with Crippen molar-refractivity contribution >= 4 is 11.8 Å². The van der Waals surface area contributed by atoms with Crippen molar-refractivity contribution in [2.75, 3.05) is 6.61 Å². The van der Waals surface area contributed by atoms with Crippen LogP contribution in [0.3, 0.4) is 0 Å². The molecular weight excluding hydrogens is 484 g/mol. The number of carbonyl (C=O) groups is 2. The summed E-state index contributed by atoms with van der Waals surface area (Å²) in [5.74, 6) is -1.21. The molecule has 2 aromatic rings. The highest BCUT2D eigenvalue weighted by molar-refractivity contribution is 6.04. The Kier molecular flexibility index (Phi) is 7.25. The second-order valence-corrected chi connectivity index (χ2v) is 9.49. The van der Waals surface area contributed by atoms with Gasteiger partial charge in [0.2, 0.25) is 11.8 Å². The van der Waals surface area contributed by atoms with E-state index in [2.05, 4.69) is 25.7 Å². The highest BCUT2D eigenvalue weighted by Gasteiger charge is 2.57. The van der Waals surface area contributed by atoms with Crippen molar-refractivity contribution in [1.82, 2.24) is 30.4 Å². The van der Waals surface area contributed by atoms with Gasteiger partial charge in [0, 0.05) is 25.1 Å². The number of ketones is 1. The third-order valence-corrected chi connectivity index (χ3v) is 6.62. The number of hydrogen-bond acceptors (Lipinski definition) is 12. The molecule has 0 amide bonds. The number of aromatic nitrogens is 6. The van der Waals surface area contributed by atoms with Gasteiger partial charge in [0.25, 0.3) is 0 Å². The van der Waals surface area contributed by atoms with Crippen LogP contribution in [-0.2, 0) is 25.6 Å². The van der Waals surface area contributed by atoms with Crippen LogP contribution in [0.15, 0.2) is 35.6 Å². The molecule has 13 nitrogen and oxygen atoms in total. The lowest BCUT2D eigenvalue weighted by Gasteiger charge is -2.49. The molecule has 3 atom stereocenters. The van der Waals surface area contributed by atoms with Crippen LogP contribution in [0.1, 0.15) is 58.7 Å². The Labute approximate surface area is 213 Å². The van der Waals surface area contributed by atoms with Gasteiger partial charge in [-0.05, 0) is 57.0 Å². The van der Waals surface area contributed by atoms with Gasteiger partial charge in [-0.15, -0.1) is 15.3 Å². The van der Waals surface area contributed by atoms with Crippen molar-refractivity contribution in [2.24, 2.45) is 0 Å². The van der Waals surface area contributed by atoms with Crippen molar-refractivity contribution in [3.05, 3.63) is 41.4 Å². The quantitative estimate of drug-likeness (QED) is 0.364. The van der Waals surface area contributed by atoms with Crippen molar-refractivity contribution < 1.29 is 34.0 Å².